The third-order valence-electron chi connectivity index (χ3n) is 3.53. The van der Waals surface area contributed by atoms with Crippen LogP contribution in [0.25, 0.3) is 0 Å². The zero-order valence-corrected chi connectivity index (χ0v) is 12.9. The Kier molecular flexibility index (Phi) is 5.85. The van der Waals surface area contributed by atoms with Gasteiger partial charge in [-0.3, -0.25) is 9.69 Å². The van der Waals surface area contributed by atoms with Crippen LogP contribution in [-0.2, 0) is 4.74 Å². The van der Waals surface area contributed by atoms with E-state index in [2.05, 4.69) is 24.1 Å². The second-order valence-corrected chi connectivity index (χ2v) is 5.96. The summed E-state index contributed by atoms with van der Waals surface area (Å²) in [7, 11) is 0. The van der Waals surface area contributed by atoms with Crippen molar-refractivity contribution in [3.8, 4) is 0 Å². The number of rotatable bonds is 5. The van der Waals surface area contributed by atoms with E-state index in [9.17, 15) is 13.6 Å². The Labute approximate surface area is 129 Å². The predicted molar refractivity (Wildman–Crippen MR) is 79.7 cm³/mol. The van der Waals surface area contributed by atoms with Crippen molar-refractivity contribution in [2.75, 3.05) is 32.8 Å². The number of morpholine rings is 1. The van der Waals surface area contributed by atoms with Crippen molar-refractivity contribution in [2.45, 2.75) is 20.0 Å². The summed E-state index contributed by atoms with van der Waals surface area (Å²) in [6, 6.07) is 3.56. The van der Waals surface area contributed by atoms with Crippen LogP contribution in [0.15, 0.2) is 18.2 Å². The molecular weight excluding hydrogens is 290 g/mol. The molecule has 1 aliphatic heterocycles. The van der Waals surface area contributed by atoms with Crippen molar-refractivity contribution in [3.63, 3.8) is 0 Å². The van der Waals surface area contributed by atoms with E-state index in [4.69, 9.17) is 4.74 Å². The van der Waals surface area contributed by atoms with Crippen molar-refractivity contribution in [2.24, 2.45) is 5.92 Å². The number of benzene rings is 1. The smallest absolute Gasteiger partial charge is 0.254 e. The molecule has 1 atom stereocenters. The van der Waals surface area contributed by atoms with Crippen LogP contribution >= 0.6 is 0 Å². The number of carbonyl (C=O) groups excluding carboxylic acids is 1. The van der Waals surface area contributed by atoms with Gasteiger partial charge in [-0.05, 0) is 18.1 Å². The van der Waals surface area contributed by atoms with Crippen LogP contribution in [-0.4, -0.2) is 49.7 Å². The minimum absolute atomic E-state index is 0.131. The molecule has 0 saturated carbocycles. The van der Waals surface area contributed by atoms with Crippen LogP contribution in [0.5, 0.6) is 0 Å². The third-order valence-corrected chi connectivity index (χ3v) is 3.53. The summed E-state index contributed by atoms with van der Waals surface area (Å²) in [6.45, 7) is 7.78. The molecule has 122 valence electrons. The van der Waals surface area contributed by atoms with E-state index in [1.54, 1.807) is 0 Å². The maximum absolute atomic E-state index is 13.5. The molecule has 0 radical (unpaired) electrons. The van der Waals surface area contributed by atoms with E-state index >= 15 is 0 Å². The second kappa shape index (κ2) is 7.65. The molecule has 1 aromatic rings. The van der Waals surface area contributed by atoms with E-state index in [0.29, 0.717) is 12.5 Å². The minimum atomic E-state index is -1.12. The lowest BCUT2D eigenvalue weighted by Gasteiger charge is -2.33. The van der Waals surface area contributed by atoms with E-state index in [0.717, 1.165) is 25.7 Å². The van der Waals surface area contributed by atoms with Crippen molar-refractivity contribution in [3.05, 3.63) is 35.4 Å². The Morgan fingerprint density at radius 1 is 1.45 bits per heavy atom. The highest BCUT2D eigenvalue weighted by Gasteiger charge is 2.22. The summed E-state index contributed by atoms with van der Waals surface area (Å²) in [6.07, 6.45) is -0.131. The lowest BCUT2D eigenvalue weighted by atomic mass is 10.1. The number of halogens is 2. The van der Waals surface area contributed by atoms with Crippen molar-refractivity contribution >= 4 is 5.91 Å². The SMILES string of the molecule is CC(C)CN1CCO[C@H](CNC(=O)c2cccc(F)c2F)C1. The Bertz CT molecular complexity index is 523. The highest BCUT2D eigenvalue weighted by molar-refractivity contribution is 5.94. The predicted octanol–water partition coefficient (Wildman–Crippen LogP) is 2.05. The van der Waals surface area contributed by atoms with Crippen LogP contribution in [0.3, 0.4) is 0 Å². The summed E-state index contributed by atoms with van der Waals surface area (Å²) in [4.78, 5) is 14.2. The molecule has 1 aromatic carbocycles. The van der Waals surface area contributed by atoms with Crippen LogP contribution in [0, 0.1) is 17.6 Å². The van der Waals surface area contributed by atoms with E-state index in [1.165, 1.54) is 12.1 Å². The maximum atomic E-state index is 13.5. The largest absolute Gasteiger partial charge is 0.374 e. The molecule has 1 amide bonds. The monoisotopic (exact) mass is 312 g/mol. The van der Waals surface area contributed by atoms with Gasteiger partial charge in [-0.2, -0.15) is 0 Å². The molecule has 2 rings (SSSR count). The number of hydrogen-bond acceptors (Lipinski definition) is 3. The summed E-state index contributed by atoms with van der Waals surface area (Å²) in [5.74, 6) is -2.20. The van der Waals surface area contributed by atoms with Crippen LogP contribution in [0.1, 0.15) is 24.2 Å². The van der Waals surface area contributed by atoms with Crippen molar-refractivity contribution < 1.29 is 18.3 Å². The van der Waals surface area contributed by atoms with E-state index in [1.807, 2.05) is 0 Å². The van der Waals surface area contributed by atoms with Crippen LogP contribution in [0.2, 0.25) is 0 Å². The average molecular weight is 312 g/mol. The molecule has 0 bridgehead atoms. The molecule has 0 aromatic heterocycles. The Balaban J connectivity index is 1.87. The highest BCUT2D eigenvalue weighted by atomic mass is 19.2. The highest BCUT2D eigenvalue weighted by Crippen LogP contribution is 2.12. The van der Waals surface area contributed by atoms with Crippen LogP contribution < -0.4 is 5.32 Å². The molecule has 1 N–H and O–H groups in total. The van der Waals surface area contributed by atoms with Gasteiger partial charge in [-0.1, -0.05) is 19.9 Å². The zero-order chi connectivity index (χ0) is 16.1. The number of nitrogens with one attached hydrogen (secondary N) is 1. The van der Waals surface area contributed by atoms with Crippen LogP contribution in [0.4, 0.5) is 8.78 Å². The molecule has 6 heteroatoms. The van der Waals surface area contributed by atoms with Gasteiger partial charge in [0.25, 0.3) is 5.91 Å². The summed E-state index contributed by atoms with van der Waals surface area (Å²) >= 11 is 0. The van der Waals surface area contributed by atoms with E-state index < -0.39 is 17.5 Å². The standard InChI is InChI=1S/C16H22F2N2O2/c1-11(2)9-20-6-7-22-12(10-20)8-19-16(21)13-4-3-5-14(17)15(13)18/h3-5,11-12H,6-10H2,1-2H3,(H,19,21)/t12-/m1/s1. The topological polar surface area (TPSA) is 41.6 Å². The molecule has 0 spiro atoms. The fraction of sp³-hybridized carbons (Fsp3) is 0.562. The first-order valence-corrected chi connectivity index (χ1v) is 7.53. The summed E-state index contributed by atoms with van der Waals surface area (Å²) in [5.41, 5.74) is -0.283. The van der Waals surface area contributed by atoms with Gasteiger partial charge in [0.05, 0.1) is 18.3 Å². The summed E-state index contributed by atoms with van der Waals surface area (Å²) < 4.78 is 32.3. The normalized spacial score (nSPS) is 19.4. The second-order valence-electron chi connectivity index (χ2n) is 5.96. The van der Waals surface area contributed by atoms with Gasteiger partial charge in [0, 0.05) is 26.2 Å². The van der Waals surface area contributed by atoms with Gasteiger partial charge in [0.2, 0.25) is 0 Å². The van der Waals surface area contributed by atoms with Gasteiger partial charge in [0.15, 0.2) is 11.6 Å². The van der Waals surface area contributed by atoms with Gasteiger partial charge >= 0.3 is 0 Å². The Morgan fingerprint density at radius 3 is 2.95 bits per heavy atom. The first-order chi connectivity index (χ1) is 10.5. The molecular formula is C16H22F2N2O2. The quantitative estimate of drug-likeness (QED) is 0.905. The molecule has 1 aliphatic rings. The molecule has 1 saturated heterocycles. The van der Waals surface area contributed by atoms with Gasteiger partial charge in [0.1, 0.15) is 0 Å². The molecule has 0 unspecified atom stereocenters. The number of amides is 1. The lowest BCUT2D eigenvalue weighted by molar-refractivity contribution is -0.0295. The summed E-state index contributed by atoms with van der Waals surface area (Å²) in [5, 5.41) is 2.61. The Morgan fingerprint density at radius 2 is 2.23 bits per heavy atom. The molecule has 0 aliphatic carbocycles. The lowest BCUT2D eigenvalue weighted by Crippen LogP contribution is -2.48. The first-order valence-electron chi connectivity index (χ1n) is 7.53. The number of nitrogens with zero attached hydrogens (tertiary/aromatic N) is 1. The first kappa shape index (κ1) is 16.8. The van der Waals surface area contributed by atoms with Gasteiger partial charge < -0.3 is 10.1 Å². The molecule has 22 heavy (non-hydrogen) atoms. The number of carbonyl (C=O) groups is 1. The molecule has 4 nitrogen and oxygen atoms in total. The molecule has 1 heterocycles. The fourth-order valence-electron chi connectivity index (χ4n) is 2.57. The van der Waals surface area contributed by atoms with Crippen molar-refractivity contribution in [1.82, 2.24) is 10.2 Å². The number of hydrogen-bond donors (Lipinski definition) is 1. The van der Waals surface area contributed by atoms with Gasteiger partial charge in [-0.25, -0.2) is 8.78 Å². The van der Waals surface area contributed by atoms with Crippen molar-refractivity contribution in [1.29, 1.82) is 0 Å². The average Bonchev–Trinajstić information content (AvgIpc) is 2.47. The zero-order valence-electron chi connectivity index (χ0n) is 12.9. The minimum Gasteiger partial charge on any atom is -0.374 e. The van der Waals surface area contributed by atoms with Gasteiger partial charge in [-0.15, -0.1) is 0 Å². The fourth-order valence-corrected chi connectivity index (χ4v) is 2.57. The number of ether oxygens (including phenoxy) is 1. The molecule has 1 fully saturated rings. The Hall–Kier alpha value is -1.53. The van der Waals surface area contributed by atoms with E-state index in [-0.39, 0.29) is 18.2 Å². The maximum Gasteiger partial charge on any atom is 0.254 e. The third kappa shape index (κ3) is 4.48.